The van der Waals surface area contributed by atoms with E-state index in [0.29, 0.717) is 5.69 Å². The summed E-state index contributed by atoms with van der Waals surface area (Å²) in [7, 11) is 1.61. The lowest BCUT2D eigenvalue weighted by Gasteiger charge is -2.00. The third-order valence-corrected chi connectivity index (χ3v) is 3.36. The lowest BCUT2D eigenvalue weighted by molar-refractivity contribution is 0.101. The maximum Gasteiger partial charge on any atom is 0.196 e. The fourth-order valence-corrected chi connectivity index (χ4v) is 2.32. The molecule has 0 aliphatic rings. The van der Waals surface area contributed by atoms with Crippen LogP contribution in [0, 0.1) is 0 Å². The Hall–Kier alpha value is -1.39. The summed E-state index contributed by atoms with van der Waals surface area (Å²) in [6, 6.07) is 7.56. The molecule has 0 saturated carbocycles. The standard InChI is InChI=1S/C12H10ClNO2S/c1-16-9-4-2-3-8(5-9)12-14-10(7-17-12)11(15)6-13/h2-5,7H,6H2,1H3. The third kappa shape index (κ3) is 2.65. The number of hydrogen-bond acceptors (Lipinski definition) is 4. The van der Waals surface area contributed by atoms with Gasteiger partial charge in [-0.25, -0.2) is 4.98 Å². The highest BCUT2D eigenvalue weighted by atomic mass is 35.5. The van der Waals surface area contributed by atoms with Gasteiger partial charge in [-0.05, 0) is 12.1 Å². The minimum atomic E-state index is -0.155. The van der Waals surface area contributed by atoms with Gasteiger partial charge in [-0.3, -0.25) is 4.79 Å². The summed E-state index contributed by atoms with van der Waals surface area (Å²) in [4.78, 5) is 15.6. The van der Waals surface area contributed by atoms with Crippen molar-refractivity contribution in [2.75, 3.05) is 13.0 Å². The van der Waals surface area contributed by atoms with Crippen molar-refractivity contribution in [3.63, 3.8) is 0 Å². The Bertz CT molecular complexity index is 539. The van der Waals surface area contributed by atoms with E-state index in [9.17, 15) is 4.79 Å². The predicted octanol–water partition coefficient (Wildman–Crippen LogP) is 3.24. The van der Waals surface area contributed by atoms with Crippen LogP contribution in [0.25, 0.3) is 10.6 Å². The number of aromatic nitrogens is 1. The van der Waals surface area contributed by atoms with Crippen molar-refractivity contribution in [3.05, 3.63) is 35.3 Å². The zero-order valence-corrected chi connectivity index (χ0v) is 10.7. The van der Waals surface area contributed by atoms with Gasteiger partial charge in [0.15, 0.2) is 5.78 Å². The Morgan fingerprint density at radius 1 is 1.53 bits per heavy atom. The Morgan fingerprint density at radius 2 is 2.35 bits per heavy atom. The molecule has 0 aliphatic carbocycles. The number of rotatable bonds is 4. The van der Waals surface area contributed by atoms with Crippen LogP contribution in [0.3, 0.4) is 0 Å². The van der Waals surface area contributed by atoms with E-state index in [-0.39, 0.29) is 11.7 Å². The van der Waals surface area contributed by atoms with Crippen LogP contribution in [0.1, 0.15) is 10.5 Å². The molecule has 17 heavy (non-hydrogen) atoms. The number of hydrogen-bond donors (Lipinski definition) is 0. The zero-order valence-electron chi connectivity index (χ0n) is 9.14. The van der Waals surface area contributed by atoms with E-state index in [4.69, 9.17) is 16.3 Å². The van der Waals surface area contributed by atoms with Gasteiger partial charge < -0.3 is 4.74 Å². The van der Waals surface area contributed by atoms with Crippen LogP contribution in [0.4, 0.5) is 0 Å². The lowest BCUT2D eigenvalue weighted by Crippen LogP contribution is -2.00. The Morgan fingerprint density at radius 3 is 3.06 bits per heavy atom. The van der Waals surface area contributed by atoms with Crippen LogP contribution < -0.4 is 4.74 Å². The van der Waals surface area contributed by atoms with Crippen molar-refractivity contribution in [1.82, 2.24) is 4.98 Å². The normalized spacial score (nSPS) is 10.2. The average Bonchev–Trinajstić information content (AvgIpc) is 2.87. The number of halogens is 1. The molecule has 0 N–H and O–H groups in total. The number of methoxy groups -OCH3 is 1. The molecule has 2 rings (SSSR count). The fraction of sp³-hybridized carbons (Fsp3) is 0.167. The van der Waals surface area contributed by atoms with E-state index in [1.807, 2.05) is 24.3 Å². The molecule has 88 valence electrons. The number of ketones is 1. The molecular formula is C12H10ClNO2S. The quantitative estimate of drug-likeness (QED) is 0.631. The number of thiazole rings is 1. The van der Waals surface area contributed by atoms with Crippen LogP contribution in [0.2, 0.25) is 0 Å². The van der Waals surface area contributed by atoms with E-state index < -0.39 is 0 Å². The number of alkyl halides is 1. The van der Waals surface area contributed by atoms with Gasteiger partial charge in [-0.2, -0.15) is 0 Å². The molecule has 0 atom stereocenters. The van der Waals surface area contributed by atoms with Crippen LogP contribution in [-0.2, 0) is 0 Å². The number of ether oxygens (including phenoxy) is 1. The zero-order chi connectivity index (χ0) is 12.3. The van der Waals surface area contributed by atoms with Crippen molar-refractivity contribution in [2.24, 2.45) is 0 Å². The lowest BCUT2D eigenvalue weighted by atomic mass is 10.2. The highest BCUT2D eigenvalue weighted by Crippen LogP contribution is 2.26. The van der Waals surface area contributed by atoms with Gasteiger partial charge in [0, 0.05) is 10.9 Å². The SMILES string of the molecule is COc1cccc(-c2nc(C(=O)CCl)cs2)c1. The minimum Gasteiger partial charge on any atom is -0.497 e. The van der Waals surface area contributed by atoms with Crippen molar-refractivity contribution < 1.29 is 9.53 Å². The molecule has 1 heterocycles. The maximum atomic E-state index is 11.4. The van der Waals surface area contributed by atoms with Crippen LogP contribution in [0.5, 0.6) is 5.75 Å². The van der Waals surface area contributed by atoms with Crippen LogP contribution in [0.15, 0.2) is 29.6 Å². The van der Waals surface area contributed by atoms with E-state index >= 15 is 0 Å². The first-order valence-electron chi connectivity index (χ1n) is 4.93. The van der Waals surface area contributed by atoms with Crippen LogP contribution >= 0.6 is 22.9 Å². The Kier molecular flexibility index (Phi) is 3.76. The molecule has 0 unspecified atom stereocenters. The summed E-state index contributed by atoms with van der Waals surface area (Å²) in [6.07, 6.45) is 0. The predicted molar refractivity (Wildman–Crippen MR) is 69.2 cm³/mol. The topological polar surface area (TPSA) is 39.2 Å². The van der Waals surface area contributed by atoms with Crippen LogP contribution in [-0.4, -0.2) is 23.8 Å². The summed E-state index contributed by atoms with van der Waals surface area (Å²) in [5.74, 6) is 0.571. The molecule has 0 aliphatic heterocycles. The summed E-state index contributed by atoms with van der Waals surface area (Å²) >= 11 is 6.90. The second kappa shape index (κ2) is 5.29. The summed E-state index contributed by atoms with van der Waals surface area (Å²) in [5.41, 5.74) is 1.35. The molecule has 0 saturated heterocycles. The molecule has 1 aromatic heterocycles. The molecule has 0 radical (unpaired) electrons. The molecular weight excluding hydrogens is 258 g/mol. The van der Waals surface area contributed by atoms with E-state index in [2.05, 4.69) is 4.98 Å². The second-order valence-electron chi connectivity index (χ2n) is 3.33. The molecule has 0 bridgehead atoms. The average molecular weight is 268 g/mol. The van der Waals surface area contributed by atoms with Crippen molar-refractivity contribution in [3.8, 4) is 16.3 Å². The van der Waals surface area contributed by atoms with E-state index in [1.54, 1.807) is 12.5 Å². The molecule has 3 nitrogen and oxygen atoms in total. The van der Waals surface area contributed by atoms with Gasteiger partial charge in [-0.15, -0.1) is 22.9 Å². The van der Waals surface area contributed by atoms with Gasteiger partial charge in [0.2, 0.25) is 0 Å². The van der Waals surface area contributed by atoms with Gasteiger partial charge >= 0.3 is 0 Å². The highest BCUT2D eigenvalue weighted by molar-refractivity contribution is 7.13. The largest absolute Gasteiger partial charge is 0.497 e. The third-order valence-electron chi connectivity index (χ3n) is 2.23. The Balaban J connectivity index is 2.33. The van der Waals surface area contributed by atoms with Crippen molar-refractivity contribution >= 4 is 28.7 Å². The number of nitrogens with zero attached hydrogens (tertiary/aromatic N) is 1. The molecule has 0 fully saturated rings. The van der Waals surface area contributed by atoms with E-state index in [1.165, 1.54) is 11.3 Å². The monoisotopic (exact) mass is 267 g/mol. The number of carbonyl (C=O) groups is 1. The smallest absolute Gasteiger partial charge is 0.196 e. The Labute approximate surface area is 108 Å². The van der Waals surface area contributed by atoms with E-state index in [0.717, 1.165) is 16.3 Å². The summed E-state index contributed by atoms with van der Waals surface area (Å²) < 4.78 is 5.14. The second-order valence-corrected chi connectivity index (χ2v) is 4.45. The van der Waals surface area contributed by atoms with Crippen molar-refractivity contribution in [1.29, 1.82) is 0 Å². The summed E-state index contributed by atoms with van der Waals surface area (Å²) in [5, 5.41) is 2.51. The van der Waals surface area contributed by atoms with Gasteiger partial charge in [-0.1, -0.05) is 12.1 Å². The number of benzene rings is 1. The molecule has 5 heteroatoms. The first kappa shape index (κ1) is 12.1. The van der Waals surface area contributed by atoms with Gasteiger partial charge in [0.05, 0.1) is 13.0 Å². The fourth-order valence-electron chi connectivity index (χ4n) is 1.36. The first-order chi connectivity index (χ1) is 8.24. The molecule has 0 amide bonds. The first-order valence-corrected chi connectivity index (χ1v) is 6.35. The minimum absolute atomic E-state index is 0.0404. The number of Topliss-reactive ketones (excluding diaryl/α,β-unsaturated/α-hetero) is 1. The van der Waals surface area contributed by atoms with Gasteiger partial charge in [0.1, 0.15) is 16.5 Å². The molecule has 2 aromatic rings. The molecule has 0 spiro atoms. The van der Waals surface area contributed by atoms with Crippen molar-refractivity contribution in [2.45, 2.75) is 0 Å². The summed E-state index contributed by atoms with van der Waals surface area (Å²) in [6.45, 7) is 0. The maximum absolute atomic E-state index is 11.4. The molecule has 1 aromatic carbocycles. The number of carbonyl (C=O) groups excluding carboxylic acids is 1. The highest BCUT2D eigenvalue weighted by Gasteiger charge is 2.10. The van der Waals surface area contributed by atoms with Gasteiger partial charge in [0.25, 0.3) is 0 Å².